The van der Waals surface area contributed by atoms with Gasteiger partial charge in [0.25, 0.3) is 0 Å². The lowest BCUT2D eigenvalue weighted by Crippen LogP contribution is -2.26. The van der Waals surface area contributed by atoms with Gasteiger partial charge in [0, 0.05) is 13.2 Å². The fraction of sp³-hybridized carbons (Fsp3) is 1.00. The lowest BCUT2D eigenvalue weighted by molar-refractivity contribution is 0.0524. The van der Waals surface area contributed by atoms with Gasteiger partial charge in [-0.3, -0.25) is 0 Å². The van der Waals surface area contributed by atoms with Crippen molar-refractivity contribution in [2.75, 3.05) is 13.2 Å². The van der Waals surface area contributed by atoms with Crippen molar-refractivity contribution in [1.82, 2.24) is 0 Å². The second-order valence-corrected chi connectivity index (χ2v) is 4.04. The maximum atomic E-state index is 9.82. The highest BCUT2D eigenvalue weighted by atomic mass is 16.5. The molecule has 2 nitrogen and oxygen atoms in total. The molecular weight excluding hydrogens is 152 g/mol. The molecule has 12 heavy (non-hydrogen) atoms. The summed E-state index contributed by atoms with van der Waals surface area (Å²) < 4.78 is 5.34. The molecule has 1 N–H and O–H groups in total. The quantitative estimate of drug-likeness (QED) is 0.688. The molecule has 1 saturated heterocycles. The number of aliphatic hydroxyl groups is 1. The molecule has 2 atom stereocenters. The predicted octanol–water partition coefficient (Wildman–Crippen LogP) is 1.82. The topological polar surface area (TPSA) is 29.5 Å². The maximum absolute atomic E-state index is 9.82. The van der Waals surface area contributed by atoms with Gasteiger partial charge in [0.2, 0.25) is 0 Å². The van der Waals surface area contributed by atoms with Gasteiger partial charge in [0.05, 0.1) is 6.10 Å². The van der Waals surface area contributed by atoms with Crippen LogP contribution in [-0.2, 0) is 4.74 Å². The van der Waals surface area contributed by atoms with E-state index in [2.05, 4.69) is 13.8 Å². The van der Waals surface area contributed by atoms with Crippen LogP contribution in [0.5, 0.6) is 0 Å². The first-order valence-electron chi connectivity index (χ1n) is 4.97. The van der Waals surface area contributed by atoms with Crippen LogP contribution in [0.25, 0.3) is 0 Å². The SMILES string of the molecule is CC(C)C(O)C1CCCOCC1. The molecule has 2 heteroatoms. The molecule has 0 amide bonds. The van der Waals surface area contributed by atoms with Crippen LogP contribution in [-0.4, -0.2) is 24.4 Å². The molecule has 0 aromatic heterocycles. The average molecular weight is 172 g/mol. The molecular formula is C10H20O2. The highest BCUT2D eigenvalue weighted by molar-refractivity contribution is 4.73. The van der Waals surface area contributed by atoms with E-state index in [0.29, 0.717) is 11.8 Å². The van der Waals surface area contributed by atoms with Gasteiger partial charge in [-0.25, -0.2) is 0 Å². The van der Waals surface area contributed by atoms with Crippen LogP contribution < -0.4 is 0 Å². The van der Waals surface area contributed by atoms with E-state index >= 15 is 0 Å². The van der Waals surface area contributed by atoms with Crippen molar-refractivity contribution in [3.8, 4) is 0 Å². The minimum Gasteiger partial charge on any atom is -0.393 e. The summed E-state index contributed by atoms with van der Waals surface area (Å²) in [5.41, 5.74) is 0. The van der Waals surface area contributed by atoms with Gasteiger partial charge < -0.3 is 9.84 Å². The molecule has 1 fully saturated rings. The van der Waals surface area contributed by atoms with Crippen LogP contribution in [0, 0.1) is 11.8 Å². The summed E-state index contributed by atoms with van der Waals surface area (Å²) in [7, 11) is 0. The van der Waals surface area contributed by atoms with Crippen LogP contribution in [0.4, 0.5) is 0 Å². The van der Waals surface area contributed by atoms with Gasteiger partial charge in [-0.05, 0) is 31.1 Å². The number of aliphatic hydroxyl groups excluding tert-OH is 1. The summed E-state index contributed by atoms with van der Waals surface area (Å²) in [6.07, 6.45) is 3.12. The molecule has 0 aromatic carbocycles. The Morgan fingerprint density at radius 1 is 1.25 bits per heavy atom. The van der Waals surface area contributed by atoms with Crippen molar-refractivity contribution >= 4 is 0 Å². The lowest BCUT2D eigenvalue weighted by atomic mass is 9.88. The third-order valence-electron chi connectivity index (χ3n) is 2.66. The van der Waals surface area contributed by atoms with Crippen molar-refractivity contribution in [2.24, 2.45) is 11.8 Å². The van der Waals surface area contributed by atoms with Crippen LogP contribution >= 0.6 is 0 Å². The van der Waals surface area contributed by atoms with E-state index in [1.165, 1.54) is 0 Å². The smallest absolute Gasteiger partial charge is 0.0592 e. The molecule has 2 unspecified atom stereocenters. The molecule has 0 aromatic rings. The van der Waals surface area contributed by atoms with Crippen molar-refractivity contribution in [3.63, 3.8) is 0 Å². The number of hydrogen-bond donors (Lipinski definition) is 1. The molecule has 0 saturated carbocycles. The summed E-state index contributed by atoms with van der Waals surface area (Å²) in [4.78, 5) is 0. The summed E-state index contributed by atoms with van der Waals surface area (Å²) >= 11 is 0. The van der Waals surface area contributed by atoms with Gasteiger partial charge in [0.1, 0.15) is 0 Å². The molecule has 0 radical (unpaired) electrons. The highest BCUT2D eigenvalue weighted by Crippen LogP contribution is 2.23. The van der Waals surface area contributed by atoms with Crippen LogP contribution in [0.2, 0.25) is 0 Å². The molecule has 0 spiro atoms. The van der Waals surface area contributed by atoms with Gasteiger partial charge in [-0.1, -0.05) is 13.8 Å². The van der Waals surface area contributed by atoms with E-state index in [0.717, 1.165) is 32.5 Å². The first kappa shape index (κ1) is 10.0. The monoisotopic (exact) mass is 172 g/mol. The van der Waals surface area contributed by atoms with E-state index in [1.807, 2.05) is 0 Å². The Hall–Kier alpha value is -0.0800. The molecule has 72 valence electrons. The minimum absolute atomic E-state index is 0.133. The Labute approximate surface area is 74.9 Å². The summed E-state index contributed by atoms with van der Waals surface area (Å²) in [6, 6.07) is 0. The van der Waals surface area contributed by atoms with E-state index in [1.54, 1.807) is 0 Å². The zero-order chi connectivity index (χ0) is 8.97. The van der Waals surface area contributed by atoms with E-state index in [9.17, 15) is 5.11 Å². The molecule has 0 bridgehead atoms. The minimum atomic E-state index is -0.133. The van der Waals surface area contributed by atoms with E-state index in [4.69, 9.17) is 4.74 Å². The third kappa shape index (κ3) is 2.76. The standard InChI is InChI=1S/C10H20O2/c1-8(2)10(11)9-4-3-6-12-7-5-9/h8-11H,3-7H2,1-2H3. The predicted molar refractivity (Wildman–Crippen MR) is 49.0 cm³/mol. The van der Waals surface area contributed by atoms with E-state index in [-0.39, 0.29) is 6.10 Å². The fourth-order valence-corrected chi connectivity index (χ4v) is 1.81. The number of hydrogen-bond acceptors (Lipinski definition) is 2. The van der Waals surface area contributed by atoms with Crippen molar-refractivity contribution < 1.29 is 9.84 Å². The molecule has 1 rings (SSSR count). The Balaban J connectivity index is 2.37. The van der Waals surface area contributed by atoms with Gasteiger partial charge in [-0.2, -0.15) is 0 Å². The largest absolute Gasteiger partial charge is 0.393 e. The Kier molecular flexibility index (Phi) is 4.02. The Morgan fingerprint density at radius 3 is 2.67 bits per heavy atom. The molecule has 1 heterocycles. The zero-order valence-electron chi connectivity index (χ0n) is 8.12. The maximum Gasteiger partial charge on any atom is 0.0592 e. The lowest BCUT2D eigenvalue weighted by Gasteiger charge is -2.23. The molecule has 1 aliphatic heterocycles. The fourth-order valence-electron chi connectivity index (χ4n) is 1.81. The second-order valence-electron chi connectivity index (χ2n) is 4.04. The van der Waals surface area contributed by atoms with Crippen LogP contribution in [0.15, 0.2) is 0 Å². The Bertz CT molecular complexity index is 115. The number of rotatable bonds is 2. The summed E-state index contributed by atoms with van der Waals surface area (Å²) in [6.45, 7) is 5.86. The number of ether oxygens (including phenoxy) is 1. The first-order chi connectivity index (χ1) is 5.72. The zero-order valence-corrected chi connectivity index (χ0v) is 8.12. The van der Waals surface area contributed by atoms with Crippen LogP contribution in [0.1, 0.15) is 33.1 Å². The average Bonchev–Trinajstić information content (AvgIpc) is 2.30. The highest BCUT2D eigenvalue weighted by Gasteiger charge is 2.22. The molecule has 0 aliphatic carbocycles. The van der Waals surface area contributed by atoms with Crippen molar-refractivity contribution in [1.29, 1.82) is 0 Å². The molecule has 1 aliphatic rings. The van der Waals surface area contributed by atoms with Crippen molar-refractivity contribution in [3.05, 3.63) is 0 Å². The summed E-state index contributed by atoms with van der Waals surface area (Å²) in [5.74, 6) is 0.848. The summed E-state index contributed by atoms with van der Waals surface area (Å²) in [5, 5.41) is 9.82. The van der Waals surface area contributed by atoms with Gasteiger partial charge in [0.15, 0.2) is 0 Å². The first-order valence-corrected chi connectivity index (χ1v) is 4.97. The third-order valence-corrected chi connectivity index (χ3v) is 2.66. The second kappa shape index (κ2) is 4.83. The van der Waals surface area contributed by atoms with Gasteiger partial charge >= 0.3 is 0 Å². The van der Waals surface area contributed by atoms with Crippen LogP contribution in [0.3, 0.4) is 0 Å². The van der Waals surface area contributed by atoms with Gasteiger partial charge in [-0.15, -0.1) is 0 Å². The Morgan fingerprint density at radius 2 is 2.00 bits per heavy atom. The normalized spacial score (nSPS) is 28.5. The van der Waals surface area contributed by atoms with Crippen molar-refractivity contribution in [2.45, 2.75) is 39.2 Å². The van der Waals surface area contributed by atoms with E-state index < -0.39 is 0 Å².